The van der Waals surface area contributed by atoms with Crippen molar-refractivity contribution in [2.75, 3.05) is 5.75 Å². The number of benzene rings is 1. The van der Waals surface area contributed by atoms with Crippen molar-refractivity contribution in [3.63, 3.8) is 0 Å². The second-order valence-corrected chi connectivity index (χ2v) is 13.7. The van der Waals surface area contributed by atoms with E-state index in [1.54, 1.807) is 12.1 Å². The van der Waals surface area contributed by atoms with Crippen LogP contribution in [-0.4, -0.2) is 24.1 Å². The fourth-order valence-electron chi connectivity index (χ4n) is 2.04. The van der Waals surface area contributed by atoms with E-state index >= 15 is 0 Å². The second kappa shape index (κ2) is 9.05. The van der Waals surface area contributed by atoms with E-state index in [2.05, 4.69) is 27.7 Å². The SMILES string of the molecule is CCCCCSC(O)c1cccc([N+](=O)[O-])c1O[Si](C)(C)C(C)(C)C. The number of nitro benzene ring substituents is 1. The lowest BCUT2D eigenvalue weighted by Gasteiger charge is -2.37. The summed E-state index contributed by atoms with van der Waals surface area (Å²) in [6, 6.07) is 4.79. The number of hydrogen-bond acceptors (Lipinski definition) is 5. The van der Waals surface area contributed by atoms with E-state index in [-0.39, 0.29) is 16.5 Å². The summed E-state index contributed by atoms with van der Waals surface area (Å²) in [6.45, 7) is 12.5. The molecule has 0 spiro atoms. The maximum atomic E-state index is 11.5. The van der Waals surface area contributed by atoms with Crippen LogP contribution in [0.3, 0.4) is 0 Å². The number of thioether (sulfide) groups is 1. The average molecular weight is 386 g/mol. The highest BCUT2D eigenvalue weighted by atomic mass is 32.2. The molecule has 25 heavy (non-hydrogen) atoms. The van der Waals surface area contributed by atoms with Gasteiger partial charge in [-0.1, -0.05) is 52.7 Å². The van der Waals surface area contributed by atoms with Gasteiger partial charge < -0.3 is 9.53 Å². The lowest BCUT2D eigenvalue weighted by Crippen LogP contribution is -2.44. The molecule has 0 saturated heterocycles. The molecule has 142 valence electrons. The number of aliphatic hydroxyl groups is 1. The van der Waals surface area contributed by atoms with Gasteiger partial charge in [-0.25, -0.2) is 0 Å². The molecule has 0 aliphatic carbocycles. The summed E-state index contributed by atoms with van der Waals surface area (Å²) in [5.74, 6) is 1.05. The monoisotopic (exact) mass is 385 g/mol. The average Bonchev–Trinajstić information content (AvgIpc) is 2.49. The first-order valence-corrected chi connectivity index (χ1v) is 12.7. The second-order valence-electron chi connectivity index (χ2n) is 7.75. The summed E-state index contributed by atoms with van der Waals surface area (Å²) in [6.07, 6.45) is 3.25. The first kappa shape index (κ1) is 22.0. The summed E-state index contributed by atoms with van der Waals surface area (Å²) in [4.78, 5) is 11.1. The number of aliphatic hydroxyl groups excluding tert-OH is 1. The van der Waals surface area contributed by atoms with E-state index in [1.165, 1.54) is 17.8 Å². The van der Waals surface area contributed by atoms with Gasteiger partial charge >= 0.3 is 5.69 Å². The van der Waals surface area contributed by atoms with Crippen LogP contribution in [0.2, 0.25) is 18.1 Å². The van der Waals surface area contributed by atoms with Crippen molar-refractivity contribution < 1.29 is 14.5 Å². The highest BCUT2D eigenvalue weighted by Crippen LogP contribution is 2.44. The van der Waals surface area contributed by atoms with Crippen molar-refractivity contribution in [1.29, 1.82) is 0 Å². The lowest BCUT2D eigenvalue weighted by molar-refractivity contribution is -0.385. The summed E-state index contributed by atoms with van der Waals surface area (Å²) in [7, 11) is -2.27. The van der Waals surface area contributed by atoms with Gasteiger partial charge in [-0.05, 0) is 30.3 Å². The zero-order chi connectivity index (χ0) is 19.3. The minimum Gasteiger partial charge on any atom is -0.539 e. The molecule has 1 atom stereocenters. The molecule has 0 radical (unpaired) electrons. The summed E-state index contributed by atoms with van der Waals surface area (Å²) < 4.78 is 6.26. The van der Waals surface area contributed by atoms with Crippen LogP contribution in [0.1, 0.15) is 58.0 Å². The topological polar surface area (TPSA) is 72.6 Å². The Morgan fingerprint density at radius 3 is 2.48 bits per heavy atom. The molecule has 1 N–H and O–H groups in total. The molecule has 1 aromatic carbocycles. The van der Waals surface area contributed by atoms with Crippen molar-refractivity contribution in [3.05, 3.63) is 33.9 Å². The van der Waals surface area contributed by atoms with Crippen molar-refractivity contribution in [3.8, 4) is 5.75 Å². The van der Waals surface area contributed by atoms with Gasteiger partial charge in [-0.3, -0.25) is 10.1 Å². The van der Waals surface area contributed by atoms with Crippen LogP contribution < -0.4 is 4.43 Å². The van der Waals surface area contributed by atoms with Crippen molar-refractivity contribution in [2.24, 2.45) is 0 Å². The van der Waals surface area contributed by atoms with E-state index in [0.29, 0.717) is 5.56 Å². The fraction of sp³-hybridized carbons (Fsp3) is 0.667. The number of nitro groups is 1. The molecule has 0 heterocycles. The fourth-order valence-corrected chi connectivity index (χ4v) is 4.03. The Hall–Kier alpha value is -1.05. The van der Waals surface area contributed by atoms with Crippen LogP contribution >= 0.6 is 11.8 Å². The number of nitrogens with zero attached hydrogens (tertiary/aromatic N) is 1. The van der Waals surface area contributed by atoms with E-state index < -0.39 is 18.7 Å². The minimum absolute atomic E-state index is 0.0736. The molecule has 0 aliphatic rings. The molecule has 7 heteroatoms. The molecule has 0 fully saturated rings. The molecule has 0 aliphatic heterocycles. The van der Waals surface area contributed by atoms with Crippen LogP contribution in [0.25, 0.3) is 0 Å². The van der Waals surface area contributed by atoms with Gasteiger partial charge in [0, 0.05) is 11.6 Å². The van der Waals surface area contributed by atoms with E-state index in [0.717, 1.165) is 25.0 Å². The van der Waals surface area contributed by atoms with Crippen LogP contribution in [0.4, 0.5) is 5.69 Å². The highest BCUT2D eigenvalue weighted by Gasteiger charge is 2.41. The molecular formula is C18H31NO4SSi. The number of rotatable bonds is 9. The molecular weight excluding hydrogens is 354 g/mol. The van der Waals surface area contributed by atoms with Gasteiger partial charge in [0.2, 0.25) is 0 Å². The molecule has 0 saturated carbocycles. The third kappa shape index (κ3) is 6.01. The van der Waals surface area contributed by atoms with Gasteiger partial charge in [0.25, 0.3) is 8.32 Å². The van der Waals surface area contributed by atoms with Crippen molar-refractivity contribution in [2.45, 2.75) is 70.5 Å². The standard InChI is InChI=1S/C18H31NO4SSi/c1-7-8-9-13-24-17(20)14-11-10-12-15(19(21)22)16(14)23-25(5,6)18(2,3)4/h10-12,17,20H,7-9,13H2,1-6H3. The molecule has 5 nitrogen and oxygen atoms in total. The van der Waals surface area contributed by atoms with Gasteiger partial charge in [0.1, 0.15) is 5.44 Å². The zero-order valence-electron chi connectivity index (χ0n) is 16.2. The predicted octanol–water partition coefficient (Wildman–Crippen LogP) is 5.89. The summed E-state index contributed by atoms with van der Waals surface area (Å²) in [5, 5.41) is 22.0. The van der Waals surface area contributed by atoms with Gasteiger partial charge in [-0.2, -0.15) is 0 Å². The number of unbranched alkanes of at least 4 members (excludes halogenated alkanes) is 2. The molecule has 1 rings (SSSR count). The van der Waals surface area contributed by atoms with E-state index in [4.69, 9.17) is 4.43 Å². The Labute approximate surface area is 156 Å². The van der Waals surface area contributed by atoms with Crippen LogP contribution in [0.5, 0.6) is 5.75 Å². The molecule has 0 bridgehead atoms. The number of hydrogen-bond donors (Lipinski definition) is 1. The van der Waals surface area contributed by atoms with E-state index in [1.807, 2.05) is 13.1 Å². The Kier molecular flexibility index (Phi) is 7.96. The maximum Gasteiger partial charge on any atom is 0.309 e. The Morgan fingerprint density at radius 1 is 1.32 bits per heavy atom. The highest BCUT2D eigenvalue weighted by molar-refractivity contribution is 7.99. The smallest absolute Gasteiger partial charge is 0.309 e. The Bertz CT molecular complexity index is 587. The van der Waals surface area contributed by atoms with Crippen LogP contribution in [0, 0.1) is 10.1 Å². The largest absolute Gasteiger partial charge is 0.539 e. The minimum atomic E-state index is -2.27. The zero-order valence-corrected chi connectivity index (χ0v) is 18.0. The Morgan fingerprint density at radius 2 is 1.96 bits per heavy atom. The lowest BCUT2D eigenvalue weighted by atomic mass is 10.2. The quantitative estimate of drug-likeness (QED) is 0.188. The maximum absolute atomic E-state index is 11.5. The van der Waals surface area contributed by atoms with Crippen molar-refractivity contribution >= 4 is 25.8 Å². The van der Waals surface area contributed by atoms with Gasteiger partial charge in [-0.15, -0.1) is 11.8 Å². The molecule has 1 unspecified atom stereocenters. The summed E-state index contributed by atoms with van der Waals surface area (Å²) >= 11 is 1.41. The molecule has 1 aromatic rings. The van der Waals surface area contributed by atoms with Crippen molar-refractivity contribution in [1.82, 2.24) is 0 Å². The van der Waals surface area contributed by atoms with Crippen LogP contribution in [0.15, 0.2) is 18.2 Å². The number of para-hydroxylation sites is 1. The predicted molar refractivity (Wildman–Crippen MR) is 108 cm³/mol. The summed E-state index contributed by atoms with van der Waals surface area (Å²) in [5.41, 5.74) is -0.396. The van der Waals surface area contributed by atoms with Crippen LogP contribution in [-0.2, 0) is 0 Å². The first-order chi connectivity index (χ1) is 11.5. The van der Waals surface area contributed by atoms with Gasteiger partial charge in [0.15, 0.2) is 5.75 Å². The third-order valence-electron chi connectivity index (χ3n) is 4.67. The van der Waals surface area contributed by atoms with Gasteiger partial charge in [0.05, 0.1) is 4.92 Å². The van der Waals surface area contributed by atoms with E-state index in [9.17, 15) is 15.2 Å². The third-order valence-corrected chi connectivity index (χ3v) is 10.1. The Balaban J connectivity index is 3.17. The molecule has 0 aromatic heterocycles. The first-order valence-electron chi connectivity index (χ1n) is 8.77. The molecule has 0 amide bonds. The normalized spacial score (nSPS) is 13.6.